The first-order chi connectivity index (χ1) is 12.6. The third-order valence-electron chi connectivity index (χ3n) is 5.14. The number of aromatic nitrogens is 1. The monoisotopic (exact) mass is 349 g/mol. The normalized spacial score (nSPS) is 19.2. The molecule has 5 heteroatoms. The molecule has 3 aromatic rings. The SMILES string of the molecule is COC(=O)C1Cc2c([nH]c3ccccc23)C(c2ccc(N(C)C)cc2)N1. The summed E-state index contributed by atoms with van der Waals surface area (Å²) >= 11 is 0. The summed E-state index contributed by atoms with van der Waals surface area (Å²) in [7, 11) is 5.49. The standard InChI is InChI=1S/C21H23N3O2/c1-24(2)14-10-8-13(9-11-14)19-20-16(12-18(23-19)21(25)26-3)15-6-4-5-7-17(15)22-20/h4-11,18-19,22-23H,12H2,1-3H3. The molecule has 0 radical (unpaired) electrons. The van der Waals surface area contributed by atoms with Gasteiger partial charge in [0, 0.05) is 42.8 Å². The fourth-order valence-corrected chi connectivity index (χ4v) is 3.76. The number of esters is 1. The third-order valence-corrected chi connectivity index (χ3v) is 5.14. The smallest absolute Gasteiger partial charge is 0.323 e. The summed E-state index contributed by atoms with van der Waals surface area (Å²) in [5.74, 6) is -0.226. The number of rotatable bonds is 3. The lowest BCUT2D eigenvalue weighted by Crippen LogP contribution is -2.45. The van der Waals surface area contributed by atoms with E-state index in [0.29, 0.717) is 6.42 Å². The summed E-state index contributed by atoms with van der Waals surface area (Å²) in [5.41, 5.74) is 5.68. The van der Waals surface area contributed by atoms with Gasteiger partial charge in [-0.1, -0.05) is 30.3 Å². The van der Waals surface area contributed by atoms with Crippen LogP contribution in [0.5, 0.6) is 0 Å². The number of anilines is 1. The lowest BCUT2D eigenvalue weighted by atomic mass is 9.90. The van der Waals surface area contributed by atoms with E-state index in [-0.39, 0.29) is 18.1 Å². The summed E-state index contributed by atoms with van der Waals surface area (Å²) in [6.45, 7) is 0. The zero-order valence-corrected chi connectivity index (χ0v) is 15.2. The van der Waals surface area contributed by atoms with Crippen molar-refractivity contribution in [1.29, 1.82) is 0 Å². The summed E-state index contributed by atoms with van der Waals surface area (Å²) < 4.78 is 5.01. The van der Waals surface area contributed by atoms with Crippen molar-refractivity contribution in [2.24, 2.45) is 0 Å². The van der Waals surface area contributed by atoms with Gasteiger partial charge >= 0.3 is 5.97 Å². The fourth-order valence-electron chi connectivity index (χ4n) is 3.76. The number of methoxy groups -OCH3 is 1. The molecule has 1 aromatic heterocycles. The van der Waals surface area contributed by atoms with E-state index in [1.54, 1.807) is 0 Å². The van der Waals surface area contributed by atoms with Crippen LogP contribution in [-0.4, -0.2) is 38.2 Å². The van der Waals surface area contributed by atoms with Crippen LogP contribution in [0.4, 0.5) is 5.69 Å². The number of carbonyl (C=O) groups excluding carboxylic acids is 1. The Morgan fingerprint density at radius 1 is 1.12 bits per heavy atom. The summed E-state index contributed by atoms with van der Waals surface area (Å²) in [4.78, 5) is 17.9. The average molecular weight is 349 g/mol. The Bertz CT molecular complexity index is 944. The van der Waals surface area contributed by atoms with Crippen LogP contribution in [0.1, 0.15) is 22.9 Å². The first-order valence-corrected chi connectivity index (χ1v) is 8.79. The Balaban J connectivity index is 1.81. The van der Waals surface area contributed by atoms with Gasteiger partial charge in [0.25, 0.3) is 0 Å². The van der Waals surface area contributed by atoms with Crippen molar-refractivity contribution in [2.45, 2.75) is 18.5 Å². The number of carbonyl (C=O) groups is 1. The highest BCUT2D eigenvalue weighted by molar-refractivity contribution is 5.87. The maximum atomic E-state index is 12.3. The predicted molar refractivity (Wildman–Crippen MR) is 104 cm³/mol. The van der Waals surface area contributed by atoms with Crippen LogP contribution in [0.2, 0.25) is 0 Å². The molecule has 0 saturated heterocycles. The molecule has 2 N–H and O–H groups in total. The second-order valence-electron chi connectivity index (χ2n) is 6.93. The number of hydrogen-bond acceptors (Lipinski definition) is 4. The number of hydrogen-bond donors (Lipinski definition) is 2. The molecule has 0 spiro atoms. The second kappa shape index (κ2) is 6.50. The minimum absolute atomic E-state index is 0.0773. The van der Waals surface area contributed by atoms with Crippen molar-refractivity contribution >= 4 is 22.6 Å². The van der Waals surface area contributed by atoms with E-state index in [1.165, 1.54) is 18.1 Å². The maximum Gasteiger partial charge on any atom is 0.323 e. The predicted octanol–water partition coefficient (Wildman–Crippen LogP) is 3.01. The van der Waals surface area contributed by atoms with Crippen molar-refractivity contribution in [1.82, 2.24) is 10.3 Å². The fraction of sp³-hybridized carbons (Fsp3) is 0.286. The Morgan fingerprint density at radius 3 is 2.54 bits per heavy atom. The highest BCUT2D eigenvalue weighted by Gasteiger charge is 2.34. The molecule has 2 atom stereocenters. The Kier molecular flexibility index (Phi) is 4.17. The van der Waals surface area contributed by atoms with Gasteiger partial charge in [0.05, 0.1) is 13.2 Å². The summed E-state index contributed by atoms with van der Waals surface area (Å²) in [5, 5.41) is 4.64. The van der Waals surface area contributed by atoms with Gasteiger partial charge in [0.15, 0.2) is 0 Å². The highest BCUT2D eigenvalue weighted by atomic mass is 16.5. The van der Waals surface area contributed by atoms with Gasteiger partial charge in [0.1, 0.15) is 6.04 Å². The molecule has 0 saturated carbocycles. The molecule has 26 heavy (non-hydrogen) atoms. The van der Waals surface area contributed by atoms with Crippen LogP contribution in [0.25, 0.3) is 10.9 Å². The molecule has 0 fully saturated rings. The molecule has 4 rings (SSSR count). The number of fused-ring (bicyclic) bond motifs is 3. The van der Waals surface area contributed by atoms with Gasteiger partial charge in [-0.25, -0.2) is 0 Å². The largest absolute Gasteiger partial charge is 0.468 e. The van der Waals surface area contributed by atoms with Crippen molar-refractivity contribution in [3.05, 3.63) is 65.4 Å². The Labute approximate surface area is 153 Å². The number of aromatic amines is 1. The summed E-state index contributed by atoms with van der Waals surface area (Å²) in [6.07, 6.45) is 0.623. The van der Waals surface area contributed by atoms with E-state index < -0.39 is 0 Å². The van der Waals surface area contributed by atoms with Crippen molar-refractivity contribution < 1.29 is 9.53 Å². The topological polar surface area (TPSA) is 57.4 Å². The van der Waals surface area contributed by atoms with Crippen LogP contribution in [-0.2, 0) is 16.0 Å². The number of benzene rings is 2. The molecule has 0 bridgehead atoms. The quantitative estimate of drug-likeness (QED) is 0.714. The zero-order chi connectivity index (χ0) is 18.3. The molecule has 1 aliphatic rings. The molecule has 0 amide bonds. The van der Waals surface area contributed by atoms with Crippen molar-refractivity contribution in [3.63, 3.8) is 0 Å². The van der Waals surface area contributed by atoms with Gasteiger partial charge in [-0.15, -0.1) is 0 Å². The van der Waals surface area contributed by atoms with Gasteiger partial charge in [-0.3, -0.25) is 10.1 Å². The van der Waals surface area contributed by atoms with E-state index >= 15 is 0 Å². The number of nitrogens with one attached hydrogen (secondary N) is 2. The maximum absolute atomic E-state index is 12.3. The van der Waals surface area contributed by atoms with Gasteiger partial charge in [-0.05, 0) is 29.3 Å². The van der Waals surface area contributed by atoms with E-state index in [1.807, 2.05) is 26.2 Å². The number of ether oxygens (including phenoxy) is 1. The molecule has 1 aliphatic heterocycles. The zero-order valence-electron chi connectivity index (χ0n) is 15.2. The molecule has 5 nitrogen and oxygen atoms in total. The molecular formula is C21H23N3O2. The lowest BCUT2D eigenvalue weighted by Gasteiger charge is -2.30. The van der Waals surface area contributed by atoms with Gasteiger partial charge < -0.3 is 14.6 Å². The molecule has 2 heterocycles. The average Bonchev–Trinajstić information content (AvgIpc) is 3.05. The van der Waals surface area contributed by atoms with E-state index in [9.17, 15) is 4.79 Å². The minimum atomic E-state index is -0.356. The first kappa shape index (κ1) is 16.7. The molecular weight excluding hydrogens is 326 g/mol. The molecule has 134 valence electrons. The van der Waals surface area contributed by atoms with Gasteiger partial charge in [-0.2, -0.15) is 0 Å². The van der Waals surface area contributed by atoms with Crippen LogP contribution >= 0.6 is 0 Å². The second-order valence-corrected chi connectivity index (χ2v) is 6.93. The Hall–Kier alpha value is -2.79. The van der Waals surface area contributed by atoms with Crippen molar-refractivity contribution in [2.75, 3.05) is 26.1 Å². The Morgan fingerprint density at radius 2 is 1.85 bits per heavy atom. The van der Waals surface area contributed by atoms with Crippen LogP contribution in [0.15, 0.2) is 48.5 Å². The van der Waals surface area contributed by atoms with Crippen LogP contribution in [0.3, 0.4) is 0 Å². The third kappa shape index (κ3) is 2.74. The number of nitrogens with zero attached hydrogens (tertiary/aromatic N) is 1. The van der Waals surface area contributed by atoms with E-state index in [0.717, 1.165) is 22.5 Å². The summed E-state index contributed by atoms with van der Waals surface area (Å²) in [6, 6.07) is 16.2. The highest BCUT2D eigenvalue weighted by Crippen LogP contribution is 2.35. The minimum Gasteiger partial charge on any atom is -0.468 e. The van der Waals surface area contributed by atoms with Gasteiger partial charge in [0.2, 0.25) is 0 Å². The number of H-pyrrole nitrogens is 1. The van der Waals surface area contributed by atoms with E-state index in [2.05, 4.69) is 51.6 Å². The van der Waals surface area contributed by atoms with Crippen molar-refractivity contribution in [3.8, 4) is 0 Å². The molecule has 2 unspecified atom stereocenters. The molecule has 2 aromatic carbocycles. The number of para-hydroxylation sites is 1. The van der Waals surface area contributed by atoms with Crippen LogP contribution in [0, 0.1) is 0 Å². The first-order valence-electron chi connectivity index (χ1n) is 8.79. The molecule has 0 aliphatic carbocycles. The van der Waals surface area contributed by atoms with Crippen LogP contribution < -0.4 is 10.2 Å². The van der Waals surface area contributed by atoms with E-state index in [4.69, 9.17) is 4.74 Å². The lowest BCUT2D eigenvalue weighted by molar-refractivity contribution is -0.143.